The van der Waals surface area contributed by atoms with Crippen LogP contribution < -0.4 is 5.32 Å². The van der Waals surface area contributed by atoms with Gasteiger partial charge in [-0.15, -0.1) is 0 Å². The van der Waals surface area contributed by atoms with Gasteiger partial charge in [0.1, 0.15) is 0 Å². The Labute approximate surface area is 122 Å². The van der Waals surface area contributed by atoms with E-state index in [1.807, 2.05) is 18.2 Å². The lowest BCUT2D eigenvalue weighted by molar-refractivity contribution is -0.141. The van der Waals surface area contributed by atoms with Gasteiger partial charge in [-0.2, -0.15) is 0 Å². The lowest BCUT2D eigenvalue weighted by atomic mass is 10.1. The van der Waals surface area contributed by atoms with Gasteiger partial charge in [0, 0.05) is 31.4 Å². The summed E-state index contributed by atoms with van der Waals surface area (Å²) in [6.07, 6.45) is 3.37. The number of carboxylic acid groups (broad SMARTS) is 1. The Hall–Kier alpha value is -2.63. The molecule has 2 aromatic rings. The van der Waals surface area contributed by atoms with Crippen LogP contribution in [-0.4, -0.2) is 40.6 Å². The van der Waals surface area contributed by atoms with Gasteiger partial charge >= 0.3 is 12.0 Å². The molecule has 1 unspecified atom stereocenters. The van der Waals surface area contributed by atoms with Gasteiger partial charge in [0.2, 0.25) is 0 Å². The van der Waals surface area contributed by atoms with Crippen molar-refractivity contribution in [1.82, 2.24) is 9.88 Å². The minimum Gasteiger partial charge on any atom is -0.481 e. The molecule has 0 spiro atoms. The summed E-state index contributed by atoms with van der Waals surface area (Å²) in [6, 6.07) is 7.08. The molecular weight excluding hydrogens is 270 g/mol. The third kappa shape index (κ3) is 3.47. The number of fused-ring (bicyclic) bond motifs is 1. The summed E-state index contributed by atoms with van der Waals surface area (Å²) in [6.45, 7) is 1.71. The second-order valence-electron chi connectivity index (χ2n) is 4.95. The number of pyridine rings is 1. The molecule has 110 valence electrons. The zero-order chi connectivity index (χ0) is 15.4. The summed E-state index contributed by atoms with van der Waals surface area (Å²) in [5.41, 5.74) is 0.653. The minimum atomic E-state index is -0.927. The monoisotopic (exact) mass is 287 g/mol. The maximum absolute atomic E-state index is 12.1. The Bertz CT molecular complexity index is 667. The number of hydrogen-bond acceptors (Lipinski definition) is 3. The van der Waals surface area contributed by atoms with Crippen molar-refractivity contribution < 1.29 is 14.7 Å². The van der Waals surface area contributed by atoms with Gasteiger partial charge in [0.15, 0.2) is 0 Å². The van der Waals surface area contributed by atoms with Crippen molar-refractivity contribution in [2.45, 2.75) is 6.92 Å². The summed E-state index contributed by atoms with van der Waals surface area (Å²) in [5, 5.41) is 13.5. The van der Waals surface area contributed by atoms with Crippen LogP contribution in [0.5, 0.6) is 0 Å². The summed E-state index contributed by atoms with van der Waals surface area (Å²) in [4.78, 5) is 28.3. The molecule has 1 atom stereocenters. The third-order valence-electron chi connectivity index (χ3n) is 3.24. The summed E-state index contributed by atoms with van der Waals surface area (Å²) in [5.74, 6) is -1.54. The molecule has 0 aliphatic carbocycles. The van der Waals surface area contributed by atoms with Gasteiger partial charge in [0.05, 0.1) is 11.6 Å². The summed E-state index contributed by atoms with van der Waals surface area (Å²) in [7, 11) is 1.57. The highest BCUT2D eigenvalue weighted by Crippen LogP contribution is 2.22. The number of aromatic nitrogens is 1. The number of nitrogens with one attached hydrogen (secondary N) is 1. The smallest absolute Gasteiger partial charge is 0.321 e. The van der Waals surface area contributed by atoms with Crippen molar-refractivity contribution in [3.63, 3.8) is 0 Å². The Balaban J connectivity index is 2.13. The number of rotatable bonds is 4. The molecule has 6 heteroatoms. The molecule has 0 saturated heterocycles. The Morgan fingerprint density at radius 1 is 1.38 bits per heavy atom. The molecular formula is C15H17N3O3. The number of carboxylic acids is 1. The Kier molecular flexibility index (Phi) is 4.37. The highest BCUT2D eigenvalue weighted by Gasteiger charge is 2.17. The van der Waals surface area contributed by atoms with Crippen LogP contribution in [0.4, 0.5) is 10.5 Å². The maximum Gasteiger partial charge on any atom is 0.321 e. The van der Waals surface area contributed by atoms with E-state index in [1.54, 1.807) is 32.4 Å². The van der Waals surface area contributed by atoms with Gasteiger partial charge in [0.25, 0.3) is 0 Å². The number of aliphatic carboxylic acids is 1. The Morgan fingerprint density at radius 3 is 2.86 bits per heavy atom. The molecule has 2 amide bonds. The van der Waals surface area contributed by atoms with Gasteiger partial charge in [-0.05, 0) is 17.5 Å². The first-order valence-corrected chi connectivity index (χ1v) is 6.56. The SMILES string of the molecule is CC(CN(C)C(=O)Nc1cccc2ccncc12)C(=O)O. The lowest BCUT2D eigenvalue weighted by Crippen LogP contribution is -2.36. The van der Waals surface area contributed by atoms with Crippen LogP contribution in [0.3, 0.4) is 0 Å². The number of urea groups is 1. The lowest BCUT2D eigenvalue weighted by Gasteiger charge is -2.20. The largest absolute Gasteiger partial charge is 0.481 e. The number of nitrogens with zero attached hydrogens (tertiary/aromatic N) is 2. The number of carbonyl (C=O) groups excluding carboxylic acids is 1. The average molecular weight is 287 g/mol. The number of amides is 2. The fourth-order valence-electron chi connectivity index (χ4n) is 2.00. The molecule has 0 saturated carbocycles. The van der Waals surface area contributed by atoms with Gasteiger partial charge in [-0.25, -0.2) is 4.79 Å². The molecule has 21 heavy (non-hydrogen) atoms. The van der Waals surface area contributed by atoms with Crippen LogP contribution in [0.1, 0.15) is 6.92 Å². The molecule has 0 aliphatic rings. The van der Waals surface area contributed by atoms with Crippen LogP contribution in [0, 0.1) is 5.92 Å². The van der Waals surface area contributed by atoms with E-state index in [1.165, 1.54) is 4.90 Å². The second-order valence-corrected chi connectivity index (χ2v) is 4.95. The van der Waals surface area contributed by atoms with E-state index in [-0.39, 0.29) is 12.6 Å². The van der Waals surface area contributed by atoms with E-state index in [9.17, 15) is 9.59 Å². The molecule has 6 nitrogen and oxygen atoms in total. The van der Waals surface area contributed by atoms with Crippen molar-refractivity contribution >= 4 is 28.5 Å². The molecule has 2 N–H and O–H groups in total. The first-order chi connectivity index (χ1) is 9.99. The molecule has 0 aliphatic heterocycles. The maximum atomic E-state index is 12.1. The van der Waals surface area contributed by atoms with Crippen LogP contribution in [0.2, 0.25) is 0 Å². The molecule has 2 rings (SSSR count). The van der Waals surface area contributed by atoms with Crippen LogP contribution >= 0.6 is 0 Å². The first-order valence-electron chi connectivity index (χ1n) is 6.56. The van der Waals surface area contributed by atoms with Gasteiger partial charge in [-0.3, -0.25) is 9.78 Å². The highest BCUT2D eigenvalue weighted by molar-refractivity contribution is 6.01. The van der Waals surface area contributed by atoms with Crippen molar-refractivity contribution in [3.8, 4) is 0 Å². The predicted octanol–water partition coefficient (Wildman–Crippen LogP) is 2.42. The first kappa shape index (κ1) is 14.8. The van der Waals surface area contributed by atoms with Crippen molar-refractivity contribution in [3.05, 3.63) is 36.7 Å². The number of carbonyl (C=O) groups is 2. The van der Waals surface area contributed by atoms with Crippen LogP contribution in [-0.2, 0) is 4.79 Å². The van der Waals surface area contributed by atoms with E-state index < -0.39 is 11.9 Å². The van der Waals surface area contributed by atoms with E-state index in [0.29, 0.717) is 5.69 Å². The fourth-order valence-corrected chi connectivity index (χ4v) is 2.00. The topological polar surface area (TPSA) is 82.5 Å². The van der Waals surface area contributed by atoms with Crippen LogP contribution in [0.25, 0.3) is 10.8 Å². The number of hydrogen-bond donors (Lipinski definition) is 2. The second kappa shape index (κ2) is 6.21. The van der Waals surface area contributed by atoms with Crippen molar-refractivity contribution in [2.75, 3.05) is 18.9 Å². The zero-order valence-electron chi connectivity index (χ0n) is 11.9. The van der Waals surface area contributed by atoms with E-state index in [2.05, 4.69) is 10.3 Å². The summed E-state index contributed by atoms with van der Waals surface area (Å²) >= 11 is 0. The van der Waals surface area contributed by atoms with Gasteiger partial charge < -0.3 is 15.3 Å². The normalized spacial score (nSPS) is 11.9. The number of benzene rings is 1. The Morgan fingerprint density at radius 2 is 2.14 bits per heavy atom. The predicted molar refractivity (Wildman–Crippen MR) is 80.2 cm³/mol. The fraction of sp³-hybridized carbons (Fsp3) is 0.267. The molecule has 0 bridgehead atoms. The van der Waals surface area contributed by atoms with Crippen molar-refractivity contribution in [1.29, 1.82) is 0 Å². The highest BCUT2D eigenvalue weighted by atomic mass is 16.4. The van der Waals surface area contributed by atoms with Crippen LogP contribution in [0.15, 0.2) is 36.7 Å². The van der Waals surface area contributed by atoms with E-state index in [0.717, 1.165) is 10.8 Å². The minimum absolute atomic E-state index is 0.143. The molecule has 0 radical (unpaired) electrons. The van der Waals surface area contributed by atoms with Gasteiger partial charge in [-0.1, -0.05) is 19.1 Å². The van der Waals surface area contributed by atoms with E-state index >= 15 is 0 Å². The van der Waals surface area contributed by atoms with E-state index in [4.69, 9.17) is 5.11 Å². The standard InChI is InChI=1S/C15H17N3O3/c1-10(14(19)20)9-18(2)15(21)17-13-5-3-4-11-6-7-16-8-12(11)13/h3-8,10H,9H2,1-2H3,(H,17,21)(H,19,20). The zero-order valence-corrected chi connectivity index (χ0v) is 11.9. The summed E-state index contributed by atoms with van der Waals surface area (Å²) < 4.78 is 0. The average Bonchev–Trinajstić information content (AvgIpc) is 2.47. The molecule has 0 fully saturated rings. The third-order valence-corrected chi connectivity index (χ3v) is 3.24. The molecule has 1 heterocycles. The quantitative estimate of drug-likeness (QED) is 0.904. The number of anilines is 1. The molecule has 1 aromatic heterocycles. The molecule has 1 aromatic carbocycles. The van der Waals surface area contributed by atoms with Crippen molar-refractivity contribution in [2.24, 2.45) is 5.92 Å².